The van der Waals surface area contributed by atoms with E-state index in [0.717, 1.165) is 4.47 Å². The van der Waals surface area contributed by atoms with Crippen molar-refractivity contribution in [2.75, 3.05) is 7.05 Å². The summed E-state index contributed by atoms with van der Waals surface area (Å²) in [7, 11) is -2.23. The second-order valence-corrected chi connectivity index (χ2v) is 7.92. The normalized spacial score (nSPS) is 13.0. The zero-order valence-electron chi connectivity index (χ0n) is 12.5. The molecule has 8 heteroatoms. The zero-order chi connectivity index (χ0) is 17.2. The third-order valence-electron chi connectivity index (χ3n) is 3.60. The molecule has 1 atom stereocenters. The minimum Gasteiger partial charge on any atom is -0.258 e. The van der Waals surface area contributed by atoms with Gasteiger partial charge in [0, 0.05) is 29.7 Å². The van der Waals surface area contributed by atoms with Crippen LogP contribution in [0.5, 0.6) is 0 Å². The van der Waals surface area contributed by atoms with Crippen molar-refractivity contribution in [3.8, 4) is 0 Å². The number of nitrogens with zero attached hydrogens (tertiary/aromatic N) is 2. The van der Waals surface area contributed by atoms with E-state index in [9.17, 15) is 18.5 Å². The maximum Gasteiger partial charge on any atom is 0.269 e. The van der Waals surface area contributed by atoms with Crippen LogP contribution < -0.4 is 0 Å². The Morgan fingerprint density at radius 2 is 1.78 bits per heavy atom. The molecule has 0 fully saturated rings. The van der Waals surface area contributed by atoms with Crippen LogP contribution in [0.15, 0.2) is 57.9 Å². The average molecular weight is 399 g/mol. The standard InChI is InChI=1S/C15H15BrN2O4S/c1-11(12-4-3-5-14(10-12)18(19)20)17(2)23(21,22)15-8-6-13(16)7-9-15/h3-11H,1-2H3. The van der Waals surface area contributed by atoms with Crippen LogP contribution in [0.25, 0.3) is 0 Å². The van der Waals surface area contributed by atoms with Gasteiger partial charge in [-0.25, -0.2) is 8.42 Å². The Labute approximate surface area is 143 Å². The summed E-state index contributed by atoms with van der Waals surface area (Å²) in [6, 6.07) is 11.8. The molecule has 122 valence electrons. The Hall–Kier alpha value is -1.77. The Kier molecular flexibility index (Phi) is 5.18. The van der Waals surface area contributed by atoms with E-state index in [2.05, 4.69) is 15.9 Å². The molecular weight excluding hydrogens is 384 g/mol. The highest BCUT2D eigenvalue weighted by atomic mass is 79.9. The quantitative estimate of drug-likeness (QED) is 0.567. The van der Waals surface area contributed by atoms with Gasteiger partial charge >= 0.3 is 0 Å². The number of benzene rings is 2. The van der Waals surface area contributed by atoms with Crippen LogP contribution in [0.1, 0.15) is 18.5 Å². The molecular formula is C15H15BrN2O4S. The van der Waals surface area contributed by atoms with Gasteiger partial charge in [-0.05, 0) is 36.8 Å². The molecule has 0 N–H and O–H groups in total. The monoisotopic (exact) mass is 398 g/mol. The minimum absolute atomic E-state index is 0.0659. The Morgan fingerprint density at radius 3 is 2.35 bits per heavy atom. The maximum absolute atomic E-state index is 12.7. The molecule has 0 amide bonds. The SMILES string of the molecule is CC(c1cccc([N+](=O)[O-])c1)N(C)S(=O)(=O)c1ccc(Br)cc1. The highest BCUT2D eigenvalue weighted by molar-refractivity contribution is 9.10. The first-order valence-electron chi connectivity index (χ1n) is 6.71. The lowest BCUT2D eigenvalue weighted by Crippen LogP contribution is -2.29. The van der Waals surface area contributed by atoms with Crippen molar-refractivity contribution in [3.63, 3.8) is 0 Å². The van der Waals surface area contributed by atoms with Crippen molar-refractivity contribution in [2.24, 2.45) is 0 Å². The van der Waals surface area contributed by atoms with Gasteiger partial charge in [-0.15, -0.1) is 0 Å². The molecule has 23 heavy (non-hydrogen) atoms. The third-order valence-corrected chi connectivity index (χ3v) is 6.07. The lowest BCUT2D eigenvalue weighted by molar-refractivity contribution is -0.384. The fourth-order valence-electron chi connectivity index (χ4n) is 2.09. The number of nitro groups is 1. The van der Waals surface area contributed by atoms with Gasteiger partial charge in [-0.3, -0.25) is 10.1 Å². The first-order chi connectivity index (χ1) is 10.7. The highest BCUT2D eigenvalue weighted by Crippen LogP contribution is 2.28. The smallest absolute Gasteiger partial charge is 0.258 e. The van der Waals surface area contributed by atoms with Gasteiger partial charge in [-0.2, -0.15) is 4.31 Å². The van der Waals surface area contributed by atoms with Crippen LogP contribution in [0.3, 0.4) is 0 Å². The summed E-state index contributed by atoms with van der Waals surface area (Å²) in [5.74, 6) is 0. The summed E-state index contributed by atoms with van der Waals surface area (Å²) in [5, 5.41) is 10.9. The molecule has 2 aromatic rings. The lowest BCUT2D eigenvalue weighted by atomic mass is 10.1. The van der Waals surface area contributed by atoms with Crippen molar-refractivity contribution in [1.82, 2.24) is 4.31 Å². The Bertz CT molecular complexity index is 822. The molecule has 2 rings (SSSR count). The van der Waals surface area contributed by atoms with Crippen LogP contribution in [0.2, 0.25) is 0 Å². The number of sulfonamides is 1. The van der Waals surface area contributed by atoms with Gasteiger partial charge in [0.15, 0.2) is 0 Å². The molecule has 0 aliphatic heterocycles. The highest BCUT2D eigenvalue weighted by Gasteiger charge is 2.27. The number of non-ortho nitro benzene ring substituents is 1. The Morgan fingerprint density at radius 1 is 1.17 bits per heavy atom. The summed E-state index contributed by atoms with van der Waals surface area (Å²) in [5.41, 5.74) is 0.492. The number of rotatable bonds is 5. The van der Waals surface area contributed by atoms with Gasteiger partial charge in [0.1, 0.15) is 0 Å². The lowest BCUT2D eigenvalue weighted by Gasteiger charge is -2.24. The minimum atomic E-state index is -3.69. The zero-order valence-corrected chi connectivity index (χ0v) is 14.9. The first-order valence-corrected chi connectivity index (χ1v) is 8.95. The van der Waals surface area contributed by atoms with Crippen LogP contribution in [0.4, 0.5) is 5.69 Å². The molecule has 2 aromatic carbocycles. The van der Waals surface area contributed by atoms with E-state index in [1.807, 2.05) is 0 Å². The van der Waals surface area contributed by atoms with E-state index in [0.29, 0.717) is 5.56 Å². The maximum atomic E-state index is 12.7. The van der Waals surface area contributed by atoms with E-state index in [-0.39, 0.29) is 10.6 Å². The fourth-order valence-corrected chi connectivity index (χ4v) is 3.70. The van der Waals surface area contributed by atoms with E-state index >= 15 is 0 Å². The first kappa shape index (κ1) is 17.6. The predicted octanol–water partition coefficient (Wildman–Crippen LogP) is 3.74. The second-order valence-electron chi connectivity index (χ2n) is 5.00. The molecule has 0 spiro atoms. The van der Waals surface area contributed by atoms with E-state index < -0.39 is 21.0 Å². The van der Waals surface area contributed by atoms with Crippen molar-refractivity contribution in [1.29, 1.82) is 0 Å². The summed E-state index contributed by atoms with van der Waals surface area (Å²) in [6.07, 6.45) is 0. The van der Waals surface area contributed by atoms with Crippen LogP contribution >= 0.6 is 15.9 Å². The molecule has 0 aliphatic carbocycles. The number of halogens is 1. The summed E-state index contributed by atoms with van der Waals surface area (Å²) in [4.78, 5) is 10.5. The van der Waals surface area contributed by atoms with Gasteiger partial charge in [-0.1, -0.05) is 28.1 Å². The number of hydrogen-bond acceptors (Lipinski definition) is 4. The molecule has 0 bridgehead atoms. The molecule has 0 aromatic heterocycles. The van der Waals surface area contributed by atoms with E-state index in [1.54, 1.807) is 31.2 Å². The van der Waals surface area contributed by atoms with Crippen LogP contribution in [0, 0.1) is 10.1 Å². The van der Waals surface area contributed by atoms with E-state index in [1.165, 1.54) is 35.6 Å². The molecule has 0 aliphatic rings. The second kappa shape index (κ2) is 6.77. The van der Waals surface area contributed by atoms with Crippen molar-refractivity contribution >= 4 is 31.6 Å². The van der Waals surface area contributed by atoms with Gasteiger partial charge < -0.3 is 0 Å². The van der Waals surface area contributed by atoms with Crippen LogP contribution in [-0.4, -0.2) is 24.7 Å². The molecule has 0 saturated heterocycles. The Balaban J connectivity index is 2.35. The molecule has 0 radical (unpaired) electrons. The van der Waals surface area contributed by atoms with Gasteiger partial charge in [0.2, 0.25) is 10.0 Å². The topological polar surface area (TPSA) is 80.5 Å². The van der Waals surface area contributed by atoms with Crippen molar-refractivity contribution in [2.45, 2.75) is 17.9 Å². The average Bonchev–Trinajstić information content (AvgIpc) is 2.54. The molecule has 0 heterocycles. The summed E-state index contributed by atoms with van der Waals surface area (Å²) in [6.45, 7) is 1.69. The molecule has 6 nitrogen and oxygen atoms in total. The van der Waals surface area contributed by atoms with Crippen LogP contribution in [-0.2, 0) is 10.0 Å². The summed E-state index contributed by atoms with van der Waals surface area (Å²) >= 11 is 3.26. The fraction of sp³-hybridized carbons (Fsp3) is 0.200. The van der Waals surface area contributed by atoms with Gasteiger partial charge in [0.05, 0.1) is 9.82 Å². The predicted molar refractivity (Wildman–Crippen MR) is 90.6 cm³/mol. The van der Waals surface area contributed by atoms with E-state index in [4.69, 9.17) is 0 Å². The number of hydrogen-bond donors (Lipinski definition) is 0. The largest absolute Gasteiger partial charge is 0.269 e. The summed E-state index contributed by atoms with van der Waals surface area (Å²) < 4.78 is 27.3. The number of nitro benzene ring substituents is 1. The van der Waals surface area contributed by atoms with Crippen molar-refractivity contribution in [3.05, 3.63) is 68.7 Å². The molecule has 1 unspecified atom stereocenters. The third kappa shape index (κ3) is 3.77. The van der Waals surface area contributed by atoms with Crippen molar-refractivity contribution < 1.29 is 13.3 Å². The van der Waals surface area contributed by atoms with Gasteiger partial charge in [0.25, 0.3) is 5.69 Å². The molecule has 0 saturated carbocycles.